The van der Waals surface area contributed by atoms with E-state index in [1.165, 1.54) is 30.3 Å². The molecule has 162 valence electrons. The highest BCUT2D eigenvalue weighted by Crippen LogP contribution is 2.49. The first-order valence-corrected chi connectivity index (χ1v) is 11.2. The van der Waals surface area contributed by atoms with Gasteiger partial charge in [-0.15, -0.1) is 0 Å². The van der Waals surface area contributed by atoms with Gasteiger partial charge in [-0.1, -0.05) is 6.92 Å². The molecule has 1 spiro atoms. The van der Waals surface area contributed by atoms with Crippen LogP contribution in [0.4, 0.5) is 4.79 Å². The number of nitrogens with zero attached hydrogens (tertiary/aromatic N) is 2. The summed E-state index contributed by atoms with van der Waals surface area (Å²) < 4.78 is 5.42. The number of nitrogens with one attached hydrogen (secondary N) is 2. The van der Waals surface area contributed by atoms with Crippen LogP contribution < -0.4 is 10.1 Å². The largest absolute Gasteiger partial charge is 0.497 e. The highest BCUT2D eigenvalue weighted by molar-refractivity contribution is 5.89. The summed E-state index contributed by atoms with van der Waals surface area (Å²) in [7, 11) is 1.67. The van der Waals surface area contributed by atoms with Gasteiger partial charge >= 0.3 is 6.03 Å². The number of fused-ring (bicyclic) bond motifs is 4. The fourth-order valence-corrected chi connectivity index (χ4v) is 5.42. The van der Waals surface area contributed by atoms with Gasteiger partial charge in [0.1, 0.15) is 5.75 Å². The molecule has 0 unspecified atom stereocenters. The van der Waals surface area contributed by atoms with Crippen LogP contribution in [0.5, 0.6) is 5.75 Å². The Hall–Kier alpha value is -2.25. The Morgan fingerprint density at radius 1 is 1.33 bits per heavy atom. The maximum atomic E-state index is 13.0. The minimum absolute atomic E-state index is 0.0854. The SMILES string of the molecule is CCCNC(=O)N1CC2(CN(CC3CC3)C2)c2c([nH]c3cc(OC)ccc23)[C@H]1CO. The van der Waals surface area contributed by atoms with Crippen molar-refractivity contribution < 1.29 is 14.6 Å². The molecular formula is C23H32N4O3. The van der Waals surface area contributed by atoms with Crippen molar-refractivity contribution in [2.24, 2.45) is 5.92 Å². The number of methoxy groups -OCH3 is 1. The zero-order valence-electron chi connectivity index (χ0n) is 17.9. The second-order valence-corrected chi connectivity index (χ2v) is 9.28. The van der Waals surface area contributed by atoms with E-state index in [0.717, 1.165) is 42.4 Å². The highest BCUT2D eigenvalue weighted by atomic mass is 16.5. The zero-order chi connectivity index (χ0) is 20.9. The molecule has 7 heteroatoms. The molecule has 3 N–H and O–H groups in total. The van der Waals surface area contributed by atoms with E-state index in [9.17, 15) is 9.90 Å². The predicted octanol–water partition coefficient (Wildman–Crippen LogP) is 2.61. The van der Waals surface area contributed by atoms with Gasteiger partial charge in [-0.25, -0.2) is 4.79 Å². The van der Waals surface area contributed by atoms with Gasteiger partial charge < -0.3 is 29.9 Å². The molecule has 2 amide bonds. The Kier molecular flexibility index (Phi) is 4.90. The van der Waals surface area contributed by atoms with E-state index in [1.807, 2.05) is 24.0 Å². The smallest absolute Gasteiger partial charge is 0.318 e. The third-order valence-corrected chi connectivity index (χ3v) is 6.97. The number of carbonyl (C=O) groups excluding carboxylic acids is 1. The molecule has 1 saturated heterocycles. The first-order chi connectivity index (χ1) is 14.6. The number of rotatable bonds is 6. The summed E-state index contributed by atoms with van der Waals surface area (Å²) in [4.78, 5) is 20.9. The minimum atomic E-state index is -0.363. The van der Waals surface area contributed by atoms with E-state index in [0.29, 0.717) is 13.1 Å². The Morgan fingerprint density at radius 3 is 2.80 bits per heavy atom. The molecule has 0 radical (unpaired) electrons. The van der Waals surface area contributed by atoms with Crippen molar-refractivity contribution in [1.82, 2.24) is 20.1 Å². The van der Waals surface area contributed by atoms with Gasteiger partial charge in [-0.05, 0) is 42.9 Å². The number of urea groups is 1. The normalized spacial score (nSPS) is 22.8. The summed E-state index contributed by atoms with van der Waals surface area (Å²) in [6, 6.07) is 5.68. The number of hydrogen-bond acceptors (Lipinski definition) is 4. The van der Waals surface area contributed by atoms with Crippen LogP contribution in [0.2, 0.25) is 0 Å². The van der Waals surface area contributed by atoms with Gasteiger partial charge in [-0.2, -0.15) is 0 Å². The molecule has 5 rings (SSSR count). The molecular weight excluding hydrogens is 380 g/mol. The van der Waals surface area contributed by atoms with Crippen LogP contribution in [0, 0.1) is 5.92 Å². The topological polar surface area (TPSA) is 80.8 Å². The summed E-state index contributed by atoms with van der Waals surface area (Å²) in [6.45, 7) is 6.33. The Morgan fingerprint density at radius 2 is 2.13 bits per heavy atom. The van der Waals surface area contributed by atoms with Crippen molar-refractivity contribution in [3.8, 4) is 5.75 Å². The fraction of sp³-hybridized carbons (Fsp3) is 0.609. The van der Waals surface area contributed by atoms with Gasteiger partial charge in [0.25, 0.3) is 0 Å². The standard InChI is InChI=1S/C23H32N4O3/c1-3-8-24-22(29)27-14-23(12-26(13-23)10-15-4-5-15)20-17-7-6-16(30-2)9-18(17)25-21(20)19(27)11-28/h6-7,9,15,19,25,28H,3-5,8,10-14H2,1-2H3,(H,24,29)/t19-/m1/s1. The van der Waals surface area contributed by atoms with Crippen molar-refractivity contribution >= 4 is 16.9 Å². The molecule has 1 atom stereocenters. The molecule has 2 fully saturated rings. The van der Waals surface area contributed by atoms with Crippen molar-refractivity contribution in [3.63, 3.8) is 0 Å². The number of aromatic amines is 1. The average molecular weight is 413 g/mol. The van der Waals surface area contributed by atoms with E-state index in [4.69, 9.17) is 4.74 Å². The highest BCUT2D eigenvalue weighted by Gasteiger charge is 2.54. The quantitative estimate of drug-likeness (QED) is 0.681. The van der Waals surface area contributed by atoms with Crippen LogP contribution in [0.1, 0.15) is 43.5 Å². The van der Waals surface area contributed by atoms with E-state index in [-0.39, 0.29) is 24.1 Å². The average Bonchev–Trinajstić information content (AvgIpc) is 3.47. The van der Waals surface area contributed by atoms with Crippen molar-refractivity contribution in [3.05, 3.63) is 29.5 Å². The Labute approximate surface area is 177 Å². The van der Waals surface area contributed by atoms with Crippen LogP contribution >= 0.6 is 0 Å². The lowest BCUT2D eigenvalue weighted by Crippen LogP contribution is -2.67. The number of H-pyrrole nitrogens is 1. The van der Waals surface area contributed by atoms with Gasteiger partial charge in [0.2, 0.25) is 0 Å². The number of carbonyl (C=O) groups is 1. The lowest BCUT2D eigenvalue weighted by molar-refractivity contribution is 0.00869. The number of benzene rings is 1. The number of aromatic nitrogens is 1. The molecule has 30 heavy (non-hydrogen) atoms. The van der Waals surface area contributed by atoms with Crippen LogP contribution in [0.15, 0.2) is 18.2 Å². The van der Waals surface area contributed by atoms with E-state index >= 15 is 0 Å². The second-order valence-electron chi connectivity index (χ2n) is 9.28. The van der Waals surface area contributed by atoms with Crippen molar-refractivity contribution in [1.29, 1.82) is 0 Å². The number of amides is 2. The van der Waals surface area contributed by atoms with Gasteiger partial charge in [0.15, 0.2) is 0 Å². The minimum Gasteiger partial charge on any atom is -0.497 e. The first kappa shape index (κ1) is 19.7. The lowest BCUT2D eigenvalue weighted by Gasteiger charge is -2.56. The summed E-state index contributed by atoms with van der Waals surface area (Å²) >= 11 is 0. The number of hydrogen-bond donors (Lipinski definition) is 3. The monoisotopic (exact) mass is 412 g/mol. The van der Waals surface area contributed by atoms with Crippen LogP contribution in [-0.4, -0.2) is 72.4 Å². The second kappa shape index (κ2) is 7.46. The zero-order valence-corrected chi connectivity index (χ0v) is 17.9. The Bertz CT molecular complexity index is 945. The maximum Gasteiger partial charge on any atom is 0.318 e. The molecule has 1 saturated carbocycles. The van der Waals surface area contributed by atoms with Gasteiger partial charge in [0.05, 0.1) is 19.8 Å². The number of aliphatic hydroxyl groups is 1. The molecule has 1 aromatic carbocycles. The molecule has 7 nitrogen and oxygen atoms in total. The van der Waals surface area contributed by atoms with Crippen molar-refractivity contribution in [2.75, 3.05) is 46.4 Å². The lowest BCUT2D eigenvalue weighted by atomic mass is 9.68. The summed E-state index contributed by atoms with van der Waals surface area (Å²) in [5.41, 5.74) is 3.18. The van der Waals surface area contributed by atoms with Crippen LogP contribution in [0.3, 0.4) is 0 Å². The van der Waals surface area contributed by atoms with Crippen molar-refractivity contribution in [2.45, 2.75) is 37.6 Å². The van der Waals surface area contributed by atoms with E-state index < -0.39 is 0 Å². The van der Waals surface area contributed by atoms with E-state index in [2.05, 4.69) is 21.3 Å². The maximum absolute atomic E-state index is 13.0. The molecule has 0 bridgehead atoms. The van der Waals surface area contributed by atoms with Gasteiger partial charge in [0, 0.05) is 60.8 Å². The molecule has 1 aromatic heterocycles. The molecule has 2 aromatic rings. The molecule has 3 aliphatic rings. The van der Waals surface area contributed by atoms with Crippen LogP contribution in [0.25, 0.3) is 10.9 Å². The predicted molar refractivity (Wildman–Crippen MR) is 116 cm³/mol. The third kappa shape index (κ3) is 3.15. The summed E-state index contributed by atoms with van der Waals surface area (Å²) in [5.74, 6) is 1.66. The number of ether oxygens (including phenoxy) is 1. The Balaban J connectivity index is 1.56. The number of likely N-dealkylation sites (tertiary alicyclic amines) is 1. The summed E-state index contributed by atoms with van der Waals surface area (Å²) in [5, 5.41) is 14.5. The first-order valence-electron chi connectivity index (χ1n) is 11.2. The van der Waals surface area contributed by atoms with E-state index in [1.54, 1.807) is 7.11 Å². The fourth-order valence-electron chi connectivity index (χ4n) is 5.42. The third-order valence-electron chi connectivity index (χ3n) is 6.97. The van der Waals surface area contributed by atoms with Crippen LogP contribution in [-0.2, 0) is 5.41 Å². The number of aliphatic hydroxyl groups excluding tert-OH is 1. The molecule has 1 aliphatic carbocycles. The molecule has 2 aliphatic heterocycles. The summed E-state index contributed by atoms with van der Waals surface area (Å²) in [6.07, 6.45) is 3.58. The van der Waals surface area contributed by atoms with Gasteiger partial charge in [-0.3, -0.25) is 0 Å². The molecule has 3 heterocycles.